The molecule has 3 heterocycles. The number of nitrogens with zero attached hydrogens (tertiary/aromatic N) is 6. The molecule has 0 amide bonds. The lowest BCUT2D eigenvalue weighted by Gasteiger charge is -2.34. The van der Waals surface area contributed by atoms with Crippen molar-refractivity contribution in [3.05, 3.63) is 52.3 Å². The van der Waals surface area contributed by atoms with Gasteiger partial charge in [-0.25, -0.2) is 0 Å². The number of rotatable bonds is 6. The molecule has 2 N–H and O–H groups in total. The van der Waals surface area contributed by atoms with Gasteiger partial charge in [-0.05, 0) is 42.3 Å². The smallest absolute Gasteiger partial charge is 0.233 e. The van der Waals surface area contributed by atoms with E-state index in [1.165, 1.54) is 5.57 Å². The van der Waals surface area contributed by atoms with Gasteiger partial charge in [-0.2, -0.15) is 15.0 Å². The lowest BCUT2D eigenvalue weighted by molar-refractivity contribution is 0.188. The lowest BCUT2D eigenvalue weighted by atomic mass is 10.2. The van der Waals surface area contributed by atoms with E-state index in [1.54, 1.807) is 0 Å². The Morgan fingerprint density at radius 2 is 1.97 bits per heavy atom. The first-order chi connectivity index (χ1) is 15.1. The molecule has 0 atom stereocenters. The standard InChI is InChI=1S/C22H26ClN7O/c1-16-13-20(24-15-16)26-21-25-19(6-5-17-3-2-4-18(23)14-17)27-22(28-21)30-9-7-29(8-10-30)11-12-31/h2-6,13-14,31H,7-12,15H2,1H3,(H,24,25,26,27,28)/b6-5+. The van der Waals surface area contributed by atoms with Gasteiger partial charge in [0.1, 0.15) is 5.84 Å². The van der Waals surface area contributed by atoms with Crippen molar-refractivity contribution in [1.29, 1.82) is 0 Å². The molecule has 1 saturated heterocycles. The van der Waals surface area contributed by atoms with Gasteiger partial charge in [-0.3, -0.25) is 9.89 Å². The van der Waals surface area contributed by atoms with E-state index in [1.807, 2.05) is 49.4 Å². The average molecular weight is 440 g/mol. The number of anilines is 2. The maximum atomic E-state index is 9.17. The Labute approximate surface area is 187 Å². The number of piperazine rings is 1. The van der Waals surface area contributed by atoms with Crippen molar-refractivity contribution >= 4 is 41.5 Å². The summed E-state index contributed by atoms with van der Waals surface area (Å²) < 4.78 is 0. The average Bonchev–Trinajstić information content (AvgIpc) is 3.17. The fourth-order valence-electron chi connectivity index (χ4n) is 3.47. The summed E-state index contributed by atoms with van der Waals surface area (Å²) in [5.74, 6) is 2.42. The summed E-state index contributed by atoms with van der Waals surface area (Å²) in [6.07, 6.45) is 5.80. The van der Waals surface area contributed by atoms with E-state index in [0.717, 1.165) is 37.6 Å². The largest absolute Gasteiger partial charge is 0.395 e. The van der Waals surface area contributed by atoms with Crippen molar-refractivity contribution < 1.29 is 5.11 Å². The highest BCUT2D eigenvalue weighted by Crippen LogP contribution is 2.17. The Bertz CT molecular complexity index is 1010. The summed E-state index contributed by atoms with van der Waals surface area (Å²) in [7, 11) is 0. The first kappa shape index (κ1) is 21.4. The summed E-state index contributed by atoms with van der Waals surface area (Å²) in [5.41, 5.74) is 2.16. The molecule has 2 aromatic rings. The Morgan fingerprint density at radius 1 is 1.13 bits per heavy atom. The topological polar surface area (TPSA) is 89.8 Å². The zero-order chi connectivity index (χ0) is 21.6. The number of aliphatic hydroxyl groups excluding tert-OH is 1. The first-order valence-corrected chi connectivity index (χ1v) is 10.7. The Kier molecular flexibility index (Phi) is 6.91. The number of nitrogens with one attached hydrogen (secondary N) is 1. The van der Waals surface area contributed by atoms with Gasteiger partial charge in [0.15, 0.2) is 5.82 Å². The number of amidine groups is 1. The van der Waals surface area contributed by atoms with Crippen LogP contribution in [-0.4, -0.2) is 76.7 Å². The number of aliphatic hydroxyl groups is 1. The van der Waals surface area contributed by atoms with E-state index < -0.39 is 0 Å². The van der Waals surface area contributed by atoms with Gasteiger partial charge in [-0.15, -0.1) is 0 Å². The van der Waals surface area contributed by atoms with Gasteiger partial charge in [0.25, 0.3) is 0 Å². The van der Waals surface area contributed by atoms with Crippen LogP contribution in [0.5, 0.6) is 0 Å². The molecule has 1 fully saturated rings. The van der Waals surface area contributed by atoms with Crippen LogP contribution in [0.4, 0.5) is 11.9 Å². The minimum atomic E-state index is 0.174. The van der Waals surface area contributed by atoms with Crippen molar-refractivity contribution in [3.63, 3.8) is 0 Å². The number of aliphatic imine (C=N–C) groups is 1. The van der Waals surface area contributed by atoms with Crippen LogP contribution in [0.15, 0.2) is 40.9 Å². The van der Waals surface area contributed by atoms with Crippen LogP contribution >= 0.6 is 11.6 Å². The van der Waals surface area contributed by atoms with E-state index >= 15 is 0 Å². The number of hydrogen-bond acceptors (Lipinski definition) is 8. The van der Waals surface area contributed by atoms with Crippen LogP contribution in [0.3, 0.4) is 0 Å². The molecule has 2 aliphatic rings. The second kappa shape index (κ2) is 10.00. The van der Waals surface area contributed by atoms with E-state index in [2.05, 4.69) is 35.1 Å². The Hall–Kier alpha value is -2.81. The number of β-amino-alcohol motifs (C(OH)–C–C–N with tert-alkyl or cyclic N) is 1. The molecule has 0 unspecified atom stereocenters. The van der Waals surface area contributed by atoms with Gasteiger partial charge in [0, 0.05) is 37.7 Å². The third-order valence-corrected chi connectivity index (χ3v) is 5.34. The molecule has 4 rings (SSSR count). The Morgan fingerprint density at radius 3 is 2.68 bits per heavy atom. The molecule has 31 heavy (non-hydrogen) atoms. The molecule has 162 valence electrons. The summed E-state index contributed by atoms with van der Waals surface area (Å²) in [6.45, 7) is 6.90. The van der Waals surface area contributed by atoms with Crippen molar-refractivity contribution in [3.8, 4) is 0 Å². The highest BCUT2D eigenvalue weighted by atomic mass is 35.5. The number of hydrogen-bond donors (Lipinski definition) is 2. The van der Waals surface area contributed by atoms with E-state index in [4.69, 9.17) is 11.6 Å². The summed E-state index contributed by atoms with van der Waals surface area (Å²) >= 11 is 6.09. The minimum absolute atomic E-state index is 0.174. The molecule has 0 aliphatic carbocycles. The van der Waals surface area contributed by atoms with Crippen LogP contribution in [-0.2, 0) is 0 Å². The van der Waals surface area contributed by atoms with Gasteiger partial charge < -0.3 is 15.3 Å². The van der Waals surface area contributed by atoms with Crippen LogP contribution in [0.25, 0.3) is 12.2 Å². The number of benzene rings is 1. The molecular weight excluding hydrogens is 414 g/mol. The highest BCUT2D eigenvalue weighted by Gasteiger charge is 2.20. The summed E-state index contributed by atoms with van der Waals surface area (Å²) in [5, 5.41) is 13.1. The van der Waals surface area contributed by atoms with Crippen molar-refractivity contribution in [2.75, 3.05) is 56.1 Å². The Balaban J connectivity index is 1.58. The highest BCUT2D eigenvalue weighted by molar-refractivity contribution is 6.30. The second-order valence-corrected chi connectivity index (χ2v) is 8.01. The molecule has 2 aliphatic heterocycles. The van der Waals surface area contributed by atoms with Crippen LogP contribution < -0.4 is 10.2 Å². The third-order valence-electron chi connectivity index (χ3n) is 5.11. The predicted octanol–water partition coefficient (Wildman–Crippen LogP) is 2.58. The van der Waals surface area contributed by atoms with E-state index in [0.29, 0.717) is 35.8 Å². The molecule has 0 saturated carbocycles. The lowest BCUT2D eigenvalue weighted by Crippen LogP contribution is -2.47. The number of halogens is 1. The predicted molar refractivity (Wildman–Crippen MR) is 126 cm³/mol. The van der Waals surface area contributed by atoms with Crippen molar-refractivity contribution in [2.45, 2.75) is 6.92 Å². The molecular formula is C22H26ClN7O. The molecule has 0 radical (unpaired) electrons. The normalized spacial score (nSPS) is 17.2. The first-order valence-electron chi connectivity index (χ1n) is 10.4. The maximum absolute atomic E-state index is 9.17. The molecule has 1 aromatic heterocycles. The van der Waals surface area contributed by atoms with Gasteiger partial charge in [-0.1, -0.05) is 29.8 Å². The zero-order valence-electron chi connectivity index (χ0n) is 17.5. The molecule has 0 spiro atoms. The minimum Gasteiger partial charge on any atom is -0.395 e. The summed E-state index contributed by atoms with van der Waals surface area (Å²) in [6, 6.07) is 7.62. The van der Waals surface area contributed by atoms with Crippen LogP contribution in [0, 0.1) is 0 Å². The van der Waals surface area contributed by atoms with E-state index in [-0.39, 0.29) is 6.61 Å². The van der Waals surface area contributed by atoms with Gasteiger partial charge in [0.2, 0.25) is 11.9 Å². The molecule has 0 bridgehead atoms. The van der Waals surface area contributed by atoms with Crippen molar-refractivity contribution in [1.82, 2.24) is 19.9 Å². The molecule has 8 nitrogen and oxygen atoms in total. The maximum Gasteiger partial charge on any atom is 0.233 e. The second-order valence-electron chi connectivity index (χ2n) is 7.58. The van der Waals surface area contributed by atoms with Crippen LogP contribution in [0.2, 0.25) is 5.02 Å². The van der Waals surface area contributed by atoms with Gasteiger partial charge >= 0.3 is 0 Å². The molecule has 9 heteroatoms. The van der Waals surface area contributed by atoms with Gasteiger partial charge in [0.05, 0.1) is 13.2 Å². The fraction of sp³-hybridized carbons (Fsp3) is 0.364. The summed E-state index contributed by atoms with van der Waals surface area (Å²) in [4.78, 5) is 22.7. The van der Waals surface area contributed by atoms with Crippen LogP contribution in [0.1, 0.15) is 18.3 Å². The zero-order valence-corrected chi connectivity index (χ0v) is 18.3. The fourth-order valence-corrected chi connectivity index (χ4v) is 3.67. The number of aromatic nitrogens is 3. The third kappa shape index (κ3) is 5.88. The van der Waals surface area contributed by atoms with Crippen molar-refractivity contribution in [2.24, 2.45) is 4.99 Å². The van der Waals surface area contributed by atoms with E-state index in [9.17, 15) is 5.11 Å². The quantitative estimate of drug-likeness (QED) is 0.714. The molecule has 1 aromatic carbocycles. The monoisotopic (exact) mass is 439 g/mol. The SMILES string of the molecule is CC1=CC(Nc2nc(/C=C/c3cccc(Cl)c3)nc(N3CCN(CCO)CC3)n2)=NC1.